The maximum absolute atomic E-state index is 13.3. The van der Waals surface area contributed by atoms with Crippen molar-refractivity contribution in [3.8, 4) is 0 Å². The monoisotopic (exact) mass is 430 g/mol. The van der Waals surface area contributed by atoms with Crippen molar-refractivity contribution in [1.29, 1.82) is 0 Å². The third kappa shape index (κ3) is 4.91. The van der Waals surface area contributed by atoms with Crippen LogP contribution in [0.15, 0.2) is 36.7 Å². The van der Waals surface area contributed by atoms with Crippen LogP contribution in [0.25, 0.3) is 0 Å². The van der Waals surface area contributed by atoms with Gasteiger partial charge in [-0.3, -0.25) is 0 Å². The lowest BCUT2D eigenvalue weighted by molar-refractivity contribution is -0.276. The number of ether oxygens (including phenoxy) is 1. The zero-order valence-corrected chi connectivity index (χ0v) is 16.5. The van der Waals surface area contributed by atoms with Gasteiger partial charge in [-0.15, -0.1) is 0 Å². The predicted octanol–water partition coefficient (Wildman–Crippen LogP) is 3.82. The lowest BCUT2D eigenvalue weighted by atomic mass is 9.90. The quantitative estimate of drug-likeness (QED) is 0.726. The van der Waals surface area contributed by atoms with E-state index in [4.69, 9.17) is 16.3 Å². The van der Waals surface area contributed by atoms with E-state index in [0.717, 1.165) is 7.11 Å². The number of hydrogen-bond acceptors (Lipinski definition) is 6. The van der Waals surface area contributed by atoms with Gasteiger partial charge in [0.15, 0.2) is 5.60 Å². The van der Waals surface area contributed by atoms with Gasteiger partial charge in [0.05, 0.1) is 6.10 Å². The first-order valence-corrected chi connectivity index (χ1v) is 9.48. The van der Waals surface area contributed by atoms with E-state index in [1.165, 1.54) is 6.33 Å². The molecule has 10 heteroatoms. The highest BCUT2D eigenvalue weighted by molar-refractivity contribution is 6.30. The van der Waals surface area contributed by atoms with Crippen molar-refractivity contribution in [2.75, 3.05) is 37.0 Å². The highest BCUT2D eigenvalue weighted by Gasteiger charge is 2.56. The maximum Gasteiger partial charge on any atom is 0.417 e. The van der Waals surface area contributed by atoms with E-state index in [-0.39, 0.29) is 32.5 Å². The van der Waals surface area contributed by atoms with Crippen molar-refractivity contribution in [3.05, 3.63) is 47.2 Å². The van der Waals surface area contributed by atoms with Gasteiger partial charge in [0.2, 0.25) is 0 Å². The minimum Gasteiger partial charge on any atom is -0.387 e. The summed E-state index contributed by atoms with van der Waals surface area (Å²) in [6.45, 7) is 0.535. The van der Waals surface area contributed by atoms with Crippen molar-refractivity contribution < 1.29 is 23.0 Å². The molecule has 0 aliphatic carbocycles. The standard InChI is InChI=1S/C19H22ClF3N4O2/c1-29-18(19(21,22)23)6-8-27(9-7-18)17-10-16(25-12-26-17)24-11-15(28)13-2-4-14(20)5-3-13/h2-5,10,12,15,28H,6-9,11H2,1H3,(H,24,25,26). The van der Waals surface area contributed by atoms with Crippen molar-refractivity contribution in [3.63, 3.8) is 0 Å². The van der Waals surface area contributed by atoms with Crippen LogP contribution in [-0.2, 0) is 4.74 Å². The second-order valence-electron chi connectivity index (χ2n) is 6.89. The molecule has 1 aliphatic rings. The first-order chi connectivity index (χ1) is 13.7. The Morgan fingerprint density at radius 3 is 2.48 bits per heavy atom. The number of alkyl halides is 3. The van der Waals surface area contributed by atoms with Crippen LogP contribution in [0.4, 0.5) is 24.8 Å². The molecule has 1 atom stereocenters. The van der Waals surface area contributed by atoms with Gasteiger partial charge in [-0.1, -0.05) is 23.7 Å². The smallest absolute Gasteiger partial charge is 0.387 e. The van der Waals surface area contributed by atoms with Crippen LogP contribution in [0.2, 0.25) is 5.02 Å². The van der Waals surface area contributed by atoms with Gasteiger partial charge in [-0.25, -0.2) is 9.97 Å². The van der Waals surface area contributed by atoms with Crippen molar-refractivity contribution in [2.24, 2.45) is 0 Å². The Labute approximate surface area is 171 Å². The first-order valence-electron chi connectivity index (χ1n) is 9.10. The molecular formula is C19H22ClF3N4O2. The maximum atomic E-state index is 13.3. The normalized spacial score (nSPS) is 17.8. The van der Waals surface area contributed by atoms with Gasteiger partial charge in [0.1, 0.15) is 18.0 Å². The van der Waals surface area contributed by atoms with E-state index in [0.29, 0.717) is 22.2 Å². The zero-order chi connectivity index (χ0) is 21.1. The number of anilines is 2. The SMILES string of the molecule is COC1(C(F)(F)F)CCN(c2cc(NCC(O)c3ccc(Cl)cc3)ncn2)CC1. The number of rotatable bonds is 6. The molecule has 1 fully saturated rings. The predicted molar refractivity (Wildman–Crippen MR) is 104 cm³/mol. The number of methoxy groups -OCH3 is 1. The summed E-state index contributed by atoms with van der Waals surface area (Å²) in [4.78, 5) is 10.1. The van der Waals surface area contributed by atoms with Gasteiger partial charge in [0.25, 0.3) is 0 Å². The van der Waals surface area contributed by atoms with Crippen molar-refractivity contribution >= 4 is 23.2 Å². The van der Waals surface area contributed by atoms with Crippen molar-refractivity contribution in [1.82, 2.24) is 9.97 Å². The summed E-state index contributed by atoms with van der Waals surface area (Å²) < 4.78 is 44.8. The van der Waals surface area contributed by atoms with E-state index < -0.39 is 17.9 Å². The van der Waals surface area contributed by atoms with Gasteiger partial charge < -0.3 is 20.1 Å². The van der Waals surface area contributed by atoms with E-state index in [2.05, 4.69) is 15.3 Å². The Balaban J connectivity index is 1.61. The molecule has 1 aromatic carbocycles. The number of hydrogen-bond donors (Lipinski definition) is 2. The lowest BCUT2D eigenvalue weighted by Crippen LogP contribution is -2.54. The molecule has 2 aromatic rings. The first kappa shape index (κ1) is 21.6. The van der Waals surface area contributed by atoms with Gasteiger partial charge in [-0.2, -0.15) is 13.2 Å². The average molecular weight is 431 g/mol. The molecule has 1 unspecified atom stereocenters. The average Bonchev–Trinajstić information content (AvgIpc) is 2.72. The van der Waals surface area contributed by atoms with E-state index in [9.17, 15) is 18.3 Å². The highest BCUT2D eigenvalue weighted by Crippen LogP contribution is 2.41. The van der Waals surface area contributed by atoms with Crippen LogP contribution in [0.3, 0.4) is 0 Å². The number of aromatic nitrogens is 2. The summed E-state index contributed by atoms with van der Waals surface area (Å²) in [6.07, 6.45) is -4.18. The van der Waals surface area contributed by atoms with Crippen LogP contribution in [-0.4, -0.2) is 53.6 Å². The molecule has 0 bridgehead atoms. The van der Waals surface area contributed by atoms with Crippen LogP contribution in [0.5, 0.6) is 0 Å². The second-order valence-corrected chi connectivity index (χ2v) is 7.33. The molecule has 1 aliphatic heterocycles. The minimum atomic E-state index is -4.41. The third-order valence-electron chi connectivity index (χ3n) is 5.19. The number of nitrogens with zero attached hydrogens (tertiary/aromatic N) is 3. The summed E-state index contributed by atoms with van der Waals surface area (Å²) in [5, 5.41) is 13.9. The molecule has 0 radical (unpaired) electrons. The largest absolute Gasteiger partial charge is 0.417 e. The molecule has 0 spiro atoms. The van der Waals surface area contributed by atoms with E-state index in [1.807, 2.05) is 0 Å². The molecule has 158 valence electrons. The number of halogens is 4. The molecule has 0 amide bonds. The molecule has 2 N–H and O–H groups in total. The molecule has 6 nitrogen and oxygen atoms in total. The summed E-state index contributed by atoms with van der Waals surface area (Å²) in [7, 11) is 1.10. The molecule has 1 saturated heterocycles. The minimum absolute atomic E-state index is 0.164. The highest BCUT2D eigenvalue weighted by atomic mass is 35.5. The fraction of sp³-hybridized carbons (Fsp3) is 0.474. The zero-order valence-electron chi connectivity index (χ0n) is 15.8. The Kier molecular flexibility index (Phi) is 6.50. The molecule has 3 rings (SSSR count). The van der Waals surface area contributed by atoms with Gasteiger partial charge >= 0.3 is 6.18 Å². The van der Waals surface area contributed by atoms with E-state index in [1.54, 1.807) is 35.2 Å². The van der Waals surface area contributed by atoms with Crippen LogP contribution < -0.4 is 10.2 Å². The summed E-state index contributed by atoms with van der Waals surface area (Å²) in [5.74, 6) is 0.998. The molecule has 0 saturated carbocycles. The third-order valence-corrected chi connectivity index (χ3v) is 5.44. The Morgan fingerprint density at radius 1 is 1.24 bits per heavy atom. The number of piperidine rings is 1. The second kappa shape index (κ2) is 8.73. The Morgan fingerprint density at radius 2 is 1.90 bits per heavy atom. The van der Waals surface area contributed by atoms with Crippen LogP contribution in [0.1, 0.15) is 24.5 Å². The summed E-state index contributed by atoms with van der Waals surface area (Å²) >= 11 is 5.84. The number of benzene rings is 1. The number of nitrogens with one attached hydrogen (secondary N) is 1. The Bertz CT molecular complexity index is 812. The topological polar surface area (TPSA) is 70.5 Å². The fourth-order valence-corrected chi connectivity index (χ4v) is 3.45. The van der Waals surface area contributed by atoms with Crippen LogP contribution >= 0.6 is 11.6 Å². The van der Waals surface area contributed by atoms with Crippen molar-refractivity contribution in [2.45, 2.75) is 30.7 Å². The fourth-order valence-electron chi connectivity index (χ4n) is 3.32. The Hall–Kier alpha value is -2.10. The molecular weight excluding hydrogens is 409 g/mol. The van der Waals surface area contributed by atoms with E-state index >= 15 is 0 Å². The van der Waals surface area contributed by atoms with Gasteiger partial charge in [0, 0.05) is 50.7 Å². The number of aliphatic hydroxyl groups is 1. The number of aliphatic hydroxyl groups excluding tert-OH is 1. The molecule has 1 aromatic heterocycles. The van der Waals surface area contributed by atoms with Crippen LogP contribution in [0, 0.1) is 0 Å². The van der Waals surface area contributed by atoms with Gasteiger partial charge in [-0.05, 0) is 17.7 Å². The summed E-state index contributed by atoms with van der Waals surface area (Å²) in [5.41, 5.74) is -1.41. The summed E-state index contributed by atoms with van der Waals surface area (Å²) in [6, 6.07) is 8.51. The lowest BCUT2D eigenvalue weighted by Gasteiger charge is -2.42. The molecule has 29 heavy (non-hydrogen) atoms. The molecule has 2 heterocycles.